The molecule has 2 aromatic carbocycles. The second kappa shape index (κ2) is 10.2. The highest BCUT2D eigenvalue weighted by Crippen LogP contribution is 2.15. The molecule has 0 radical (unpaired) electrons. The van der Waals surface area contributed by atoms with Crippen molar-refractivity contribution in [1.82, 2.24) is 10.0 Å². The number of hydrogen-bond donors (Lipinski definition) is 2. The van der Waals surface area contributed by atoms with Gasteiger partial charge in [-0.15, -0.1) is 0 Å². The number of hydrogen-bond acceptors (Lipinski definition) is 6. The second-order valence-corrected chi connectivity index (χ2v) is 7.57. The number of amides is 1. The molecule has 0 aromatic heterocycles. The van der Waals surface area contributed by atoms with Gasteiger partial charge in [0.25, 0.3) is 5.91 Å². The molecule has 2 rings (SSSR count). The molecule has 0 bridgehead atoms. The van der Waals surface area contributed by atoms with E-state index >= 15 is 0 Å². The fraction of sp³-hybridized carbons (Fsp3) is 0.316. The van der Waals surface area contributed by atoms with E-state index < -0.39 is 16.3 Å². The van der Waals surface area contributed by atoms with Gasteiger partial charge in [0.15, 0.2) is 6.29 Å². The van der Waals surface area contributed by atoms with Crippen LogP contribution >= 0.6 is 0 Å². The molecule has 2 aromatic rings. The summed E-state index contributed by atoms with van der Waals surface area (Å²) in [6, 6.07) is 12.7. The molecule has 0 saturated carbocycles. The van der Waals surface area contributed by atoms with Crippen LogP contribution in [0.1, 0.15) is 15.9 Å². The highest BCUT2D eigenvalue weighted by Gasteiger charge is 2.14. The number of ether oxygens (including phenoxy) is 3. The van der Waals surface area contributed by atoms with Crippen molar-refractivity contribution in [3.05, 3.63) is 59.7 Å². The lowest BCUT2D eigenvalue weighted by atomic mass is 10.1. The van der Waals surface area contributed by atoms with Gasteiger partial charge in [0.1, 0.15) is 5.75 Å². The minimum Gasteiger partial charge on any atom is -0.497 e. The molecule has 0 saturated heterocycles. The summed E-state index contributed by atoms with van der Waals surface area (Å²) in [6.07, 6.45) is -0.518. The second-order valence-electron chi connectivity index (χ2n) is 5.81. The third-order valence-corrected chi connectivity index (χ3v) is 5.42. The summed E-state index contributed by atoms with van der Waals surface area (Å²) in [5.41, 5.74) is 1.17. The van der Waals surface area contributed by atoms with Crippen LogP contribution in [0.4, 0.5) is 0 Å². The standard InChI is InChI=1S/C19H24N2O6S/c1-25-16-8-10-17(11-9-16)28(23,24)21-12-14-4-6-15(7-5-14)19(22)20-13-18(26-2)27-3/h4-11,18,21H,12-13H2,1-3H3,(H,20,22). The van der Waals surface area contributed by atoms with E-state index in [1.165, 1.54) is 33.5 Å². The fourth-order valence-electron chi connectivity index (χ4n) is 2.33. The van der Waals surface area contributed by atoms with Crippen LogP contribution in [0.5, 0.6) is 5.75 Å². The average molecular weight is 408 g/mol. The fourth-order valence-corrected chi connectivity index (χ4v) is 3.35. The van der Waals surface area contributed by atoms with Crippen LogP contribution < -0.4 is 14.8 Å². The number of carbonyl (C=O) groups is 1. The van der Waals surface area contributed by atoms with Gasteiger partial charge in [-0.3, -0.25) is 4.79 Å². The Balaban J connectivity index is 1.93. The minimum atomic E-state index is -3.65. The molecule has 0 aliphatic rings. The van der Waals surface area contributed by atoms with Gasteiger partial charge in [-0.1, -0.05) is 12.1 Å². The van der Waals surface area contributed by atoms with Crippen molar-refractivity contribution in [3.63, 3.8) is 0 Å². The van der Waals surface area contributed by atoms with Gasteiger partial charge in [0.05, 0.1) is 18.6 Å². The summed E-state index contributed by atoms with van der Waals surface area (Å²) < 4.78 is 42.3. The van der Waals surface area contributed by atoms with Crippen molar-refractivity contribution >= 4 is 15.9 Å². The van der Waals surface area contributed by atoms with Gasteiger partial charge in [0.2, 0.25) is 10.0 Å². The highest BCUT2D eigenvalue weighted by atomic mass is 32.2. The van der Waals surface area contributed by atoms with Crippen molar-refractivity contribution in [1.29, 1.82) is 0 Å². The molecular weight excluding hydrogens is 384 g/mol. The maximum Gasteiger partial charge on any atom is 0.251 e. The van der Waals surface area contributed by atoms with Crippen molar-refractivity contribution < 1.29 is 27.4 Å². The zero-order valence-electron chi connectivity index (χ0n) is 16.0. The smallest absolute Gasteiger partial charge is 0.251 e. The Morgan fingerprint density at radius 2 is 1.57 bits per heavy atom. The number of sulfonamides is 1. The van der Waals surface area contributed by atoms with Crippen molar-refractivity contribution in [2.45, 2.75) is 17.7 Å². The van der Waals surface area contributed by atoms with Crippen LogP contribution in [0.3, 0.4) is 0 Å². The van der Waals surface area contributed by atoms with E-state index in [4.69, 9.17) is 14.2 Å². The molecule has 0 heterocycles. The molecular formula is C19H24N2O6S. The highest BCUT2D eigenvalue weighted by molar-refractivity contribution is 7.89. The SMILES string of the molecule is COc1ccc(S(=O)(=O)NCc2ccc(C(=O)NCC(OC)OC)cc2)cc1. The number of methoxy groups -OCH3 is 3. The van der Waals surface area contributed by atoms with Crippen LogP contribution in [0.2, 0.25) is 0 Å². The van der Waals surface area contributed by atoms with Crippen LogP contribution in [-0.4, -0.2) is 48.5 Å². The molecule has 0 atom stereocenters. The Kier molecular flexibility index (Phi) is 7.94. The zero-order chi connectivity index (χ0) is 20.6. The van der Waals surface area contributed by atoms with E-state index in [1.807, 2.05) is 0 Å². The maximum atomic E-state index is 12.3. The third kappa shape index (κ3) is 6.03. The zero-order valence-corrected chi connectivity index (χ0v) is 16.8. The first kappa shape index (κ1) is 21.8. The van der Waals surface area contributed by atoms with Gasteiger partial charge in [-0.05, 0) is 42.0 Å². The summed E-state index contributed by atoms with van der Waals surface area (Å²) in [6.45, 7) is 0.320. The summed E-state index contributed by atoms with van der Waals surface area (Å²) in [4.78, 5) is 12.3. The van der Waals surface area contributed by atoms with Crippen molar-refractivity contribution in [2.75, 3.05) is 27.9 Å². The first-order chi connectivity index (χ1) is 13.4. The molecule has 0 aliphatic heterocycles. The average Bonchev–Trinajstić information content (AvgIpc) is 2.73. The van der Waals surface area contributed by atoms with Gasteiger partial charge >= 0.3 is 0 Å². The lowest BCUT2D eigenvalue weighted by Gasteiger charge is -2.14. The van der Waals surface area contributed by atoms with Crippen molar-refractivity contribution in [3.8, 4) is 5.75 Å². The first-order valence-electron chi connectivity index (χ1n) is 8.46. The normalized spacial score (nSPS) is 11.4. The predicted octanol–water partition coefficient (Wildman–Crippen LogP) is 1.52. The predicted molar refractivity (Wildman–Crippen MR) is 104 cm³/mol. The molecule has 0 fully saturated rings. The molecule has 8 nitrogen and oxygen atoms in total. The molecule has 0 aliphatic carbocycles. The number of nitrogens with one attached hydrogen (secondary N) is 2. The topological polar surface area (TPSA) is 103 Å². The number of rotatable bonds is 10. The van der Waals surface area contributed by atoms with Crippen LogP contribution in [0.15, 0.2) is 53.4 Å². The van der Waals surface area contributed by atoms with Crippen LogP contribution in [-0.2, 0) is 26.0 Å². The Bertz CT molecular complexity index is 862. The van der Waals surface area contributed by atoms with Gasteiger partial charge in [-0.25, -0.2) is 13.1 Å². The Morgan fingerprint density at radius 3 is 2.11 bits per heavy atom. The van der Waals surface area contributed by atoms with Gasteiger partial charge in [-0.2, -0.15) is 0 Å². The third-order valence-electron chi connectivity index (χ3n) is 4.01. The molecule has 0 spiro atoms. The van der Waals surface area contributed by atoms with Gasteiger partial charge in [0, 0.05) is 26.3 Å². The van der Waals surface area contributed by atoms with Crippen molar-refractivity contribution in [2.24, 2.45) is 0 Å². The molecule has 1 amide bonds. The molecule has 28 heavy (non-hydrogen) atoms. The lowest BCUT2D eigenvalue weighted by molar-refractivity contribution is -0.0974. The Hall–Kier alpha value is -2.46. The number of benzene rings is 2. The van der Waals surface area contributed by atoms with Crippen LogP contribution in [0.25, 0.3) is 0 Å². The monoisotopic (exact) mass is 408 g/mol. The quantitative estimate of drug-likeness (QED) is 0.578. The summed E-state index contributed by atoms with van der Waals surface area (Å²) >= 11 is 0. The van der Waals surface area contributed by atoms with E-state index in [-0.39, 0.29) is 23.9 Å². The first-order valence-corrected chi connectivity index (χ1v) is 9.94. The van der Waals surface area contributed by atoms with E-state index in [0.717, 1.165) is 5.56 Å². The largest absolute Gasteiger partial charge is 0.497 e. The van der Waals surface area contributed by atoms with E-state index in [1.54, 1.807) is 36.4 Å². The van der Waals surface area contributed by atoms with E-state index in [9.17, 15) is 13.2 Å². The van der Waals surface area contributed by atoms with Crippen LogP contribution in [0, 0.1) is 0 Å². The summed E-state index contributed by atoms with van der Waals surface area (Å²) in [5, 5.41) is 2.70. The van der Waals surface area contributed by atoms with Gasteiger partial charge < -0.3 is 19.5 Å². The molecule has 2 N–H and O–H groups in total. The molecule has 9 heteroatoms. The summed E-state index contributed by atoms with van der Waals surface area (Å²) in [7, 11) is 0.843. The minimum absolute atomic E-state index is 0.103. The lowest BCUT2D eigenvalue weighted by Crippen LogP contribution is -2.34. The van der Waals surface area contributed by atoms with E-state index in [0.29, 0.717) is 11.3 Å². The summed E-state index contributed by atoms with van der Waals surface area (Å²) in [5.74, 6) is 0.305. The Morgan fingerprint density at radius 1 is 0.964 bits per heavy atom. The Labute approximate surface area is 164 Å². The molecule has 0 unspecified atom stereocenters. The molecule has 152 valence electrons. The maximum absolute atomic E-state index is 12.3. The number of carbonyl (C=O) groups excluding carboxylic acids is 1. The van der Waals surface area contributed by atoms with E-state index in [2.05, 4.69) is 10.0 Å².